The molecule has 2 aromatic rings. The zero-order valence-corrected chi connectivity index (χ0v) is 18.6. The molecule has 0 aliphatic rings. The highest BCUT2D eigenvalue weighted by atomic mass is 32.1. The number of urea groups is 1. The predicted octanol–water partition coefficient (Wildman–Crippen LogP) is 4.36. The van der Waals surface area contributed by atoms with Gasteiger partial charge in [0.2, 0.25) is 5.91 Å². The second kappa shape index (κ2) is 10.4. The number of hydrogen-bond acceptors (Lipinski definition) is 3. The Hall–Kier alpha value is -2.41. The van der Waals surface area contributed by atoms with Crippen LogP contribution in [0.15, 0.2) is 35.7 Å². The molecule has 1 aromatic carbocycles. The van der Waals surface area contributed by atoms with Crippen molar-refractivity contribution in [1.82, 2.24) is 14.7 Å². The van der Waals surface area contributed by atoms with Crippen LogP contribution >= 0.6 is 11.3 Å². The van der Waals surface area contributed by atoms with Gasteiger partial charge in [-0.15, -0.1) is 11.3 Å². The minimum absolute atomic E-state index is 0.0147. The Balaban J connectivity index is 2.22. The molecule has 0 N–H and O–H groups in total. The number of carbonyl (C=O) groups is 2. The van der Waals surface area contributed by atoms with Gasteiger partial charge in [0.1, 0.15) is 12.4 Å². The molecule has 1 heterocycles. The van der Waals surface area contributed by atoms with E-state index in [0.717, 1.165) is 16.0 Å². The highest BCUT2D eigenvalue weighted by molar-refractivity contribution is 7.10. The van der Waals surface area contributed by atoms with Crippen LogP contribution in [0, 0.1) is 18.7 Å². The van der Waals surface area contributed by atoms with Crippen molar-refractivity contribution < 1.29 is 14.0 Å². The lowest BCUT2D eigenvalue weighted by atomic mass is 10.2. The molecule has 5 nitrogen and oxygen atoms in total. The van der Waals surface area contributed by atoms with Gasteiger partial charge in [0.15, 0.2) is 0 Å². The van der Waals surface area contributed by atoms with Crippen LogP contribution in [0.4, 0.5) is 9.18 Å². The van der Waals surface area contributed by atoms with Crippen LogP contribution in [0.25, 0.3) is 0 Å². The molecule has 0 aliphatic carbocycles. The van der Waals surface area contributed by atoms with Crippen molar-refractivity contribution in [2.75, 3.05) is 27.2 Å². The first-order valence-corrected chi connectivity index (χ1v) is 10.6. The molecule has 0 bridgehead atoms. The topological polar surface area (TPSA) is 43.9 Å². The van der Waals surface area contributed by atoms with Gasteiger partial charge in [-0.25, -0.2) is 9.18 Å². The van der Waals surface area contributed by atoms with Crippen molar-refractivity contribution in [3.8, 4) is 0 Å². The van der Waals surface area contributed by atoms with E-state index in [2.05, 4.69) is 0 Å². The summed E-state index contributed by atoms with van der Waals surface area (Å²) in [5, 5.41) is 2.01. The zero-order chi connectivity index (χ0) is 21.6. The van der Waals surface area contributed by atoms with Gasteiger partial charge in [-0.3, -0.25) is 4.79 Å². The molecule has 0 saturated heterocycles. The third kappa shape index (κ3) is 6.85. The summed E-state index contributed by atoms with van der Waals surface area (Å²) in [6.07, 6.45) is 0. The lowest BCUT2D eigenvalue weighted by molar-refractivity contribution is -0.133. The molecule has 0 spiro atoms. The maximum absolute atomic E-state index is 13.3. The van der Waals surface area contributed by atoms with E-state index in [1.807, 2.05) is 32.2 Å². The molecule has 7 heteroatoms. The van der Waals surface area contributed by atoms with Crippen molar-refractivity contribution in [3.63, 3.8) is 0 Å². The molecule has 0 saturated carbocycles. The quantitative estimate of drug-likeness (QED) is 0.638. The maximum atomic E-state index is 13.3. The van der Waals surface area contributed by atoms with Crippen LogP contribution in [0.3, 0.4) is 0 Å². The van der Waals surface area contributed by atoms with Crippen molar-refractivity contribution >= 4 is 23.3 Å². The third-order valence-electron chi connectivity index (χ3n) is 4.51. The van der Waals surface area contributed by atoms with Gasteiger partial charge in [0.05, 0.1) is 6.54 Å². The van der Waals surface area contributed by atoms with Gasteiger partial charge in [-0.05, 0) is 47.5 Å². The van der Waals surface area contributed by atoms with Gasteiger partial charge >= 0.3 is 6.03 Å². The van der Waals surface area contributed by atoms with E-state index in [1.165, 1.54) is 17.0 Å². The van der Waals surface area contributed by atoms with Crippen LogP contribution in [-0.4, -0.2) is 53.8 Å². The van der Waals surface area contributed by atoms with Crippen LogP contribution in [0.1, 0.15) is 29.9 Å². The van der Waals surface area contributed by atoms with E-state index in [-0.39, 0.29) is 30.2 Å². The smallest absolute Gasteiger partial charge is 0.319 e. The maximum Gasteiger partial charge on any atom is 0.319 e. The molecular formula is C22H30FN3O2S. The van der Waals surface area contributed by atoms with E-state index >= 15 is 0 Å². The fourth-order valence-corrected chi connectivity index (χ4v) is 3.90. The number of hydrogen-bond donors (Lipinski definition) is 0. The normalized spacial score (nSPS) is 10.9. The number of nitrogens with zero attached hydrogens (tertiary/aromatic N) is 3. The summed E-state index contributed by atoms with van der Waals surface area (Å²) in [4.78, 5) is 31.7. The lowest BCUT2D eigenvalue weighted by Crippen LogP contribution is -2.47. The Kier molecular flexibility index (Phi) is 8.20. The molecule has 158 valence electrons. The number of aryl methyl sites for hydroxylation is 1. The Labute approximate surface area is 176 Å². The first-order chi connectivity index (χ1) is 13.7. The average molecular weight is 420 g/mol. The molecular weight excluding hydrogens is 389 g/mol. The number of thiophene rings is 1. The van der Waals surface area contributed by atoms with Crippen molar-refractivity contribution in [2.45, 2.75) is 33.9 Å². The van der Waals surface area contributed by atoms with Crippen molar-refractivity contribution in [1.29, 1.82) is 0 Å². The van der Waals surface area contributed by atoms with Crippen LogP contribution < -0.4 is 0 Å². The Morgan fingerprint density at radius 1 is 1.03 bits per heavy atom. The Bertz CT molecular complexity index is 818. The number of benzene rings is 1. The number of halogens is 1. The summed E-state index contributed by atoms with van der Waals surface area (Å²) in [5.74, 6) is -0.185. The summed E-state index contributed by atoms with van der Waals surface area (Å²) in [6.45, 7) is 7.41. The zero-order valence-electron chi connectivity index (χ0n) is 17.8. The summed E-state index contributed by atoms with van der Waals surface area (Å²) in [6, 6.07) is 8.02. The average Bonchev–Trinajstić information content (AvgIpc) is 3.05. The molecule has 0 atom stereocenters. The number of rotatable bonds is 8. The van der Waals surface area contributed by atoms with Crippen LogP contribution in [0.2, 0.25) is 0 Å². The first-order valence-electron chi connectivity index (χ1n) is 9.68. The highest BCUT2D eigenvalue weighted by Gasteiger charge is 2.24. The second-order valence-corrected chi connectivity index (χ2v) is 8.86. The van der Waals surface area contributed by atoms with Gasteiger partial charge in [0.25, 0.3) is 0 Å². The fraction of sp³-hybridized carbons (Fsp3) is 0.455. The van der Waals surface area contributed by atoms with Crippen molar-refractivity contribution in [2.24, 2.45) is 5.92 Å². The molecule has 0 aliphatic heterocycles. The lowest BCUT2D eigenvalue weighted by Gasteiger charge is -2.30. The van der Waals surface area contributed by atoms with Crippen LogP contribution in [0.5, 0.6) is 0 Å². The summed E-state index contributed by atoms with van der Waals surface area (Å²) in [5.41, 5.74) is 1.98. The number of carbonyl (C=O) groups excluding carboxylic acids is 2. The van der Waals surface area contributed by atoms with Gasteiger partial charge in [0, 0.05) is 32.1 Å². The predicted molar refractivity (Wildman–Crippen MR) is 115 cm³/mol. The highest BCUT2D eigenvalue weighted by Crippen LogP contribution is 2.20. The monoisotopic (exact) mass is 419 g/mol. The van der Waals surface area contributed by atoms with Gasteiger partial charge in [-0.2, -0.15) is 0 Å². The third-order valence-corrected chi connectivity index (χ3v) is 5.51. The van der Waals surface area contributed by atoms with Gasteiger partial charge in [-0.1, -0.05) is 26.0 Å². The summed E-state index contributed by atoms with van der Waals surface area (Å²) < 4.78 is 13.3. The summed E-state index contributed by atoms with van der Waals surface area (Å²) >= 11 is 1.61. The van der Waals surface area contributed by atoms with Crippen LogP contribution in [-0.2, 0) is 17.9 Å². The van der Waals surface area contributed by atoms with E-state index in [9.17, 15) is 14.0 Å². The van der Waals surface area contributed by atoms with E-state index in [1.54, 1.807) is 47.4 Å². The standard InChI is InChI=1S/C22H30FN3O2S/c1-16(2)12-26(22(28)24(4)5)15-21(27)25(14-20-17(3)10-11-29-20)13-18-6-8-19(23)9-7-18/h6-11,16H,12-15H2,1-5H3. The van der Waals surface area contributed by atoms with E-state index < -0.39 is 0 Å². The molecule has 29 heavy (non-hydrogen) atoms. The Morgan fingerprint density at radius 2 is 1.69 bits per heavy atom. The minimum atomic E-state index is -0.305. The Morgan fingerprint density at radius 3 is 2.21 bits per heavy atom. The largest absolute Gasteiger partial charge is 0.332 e. The fourth-order valence-electron chi connectivity index (χ4n) is 2.98. The van der Waals surface area contributed by atoms with E-state index in [4.69, 9.17) is 0 Å². The van der Waals surface area contributed by atoms with E-state index in [0.29, 0.717) is 19.6 Å². The molecule has 0 fully saturated rings. The molecule has 0 unspecified atom stereocenters. The second-order valence-electron chi connectivity index (χ2n) is 7.85. The number of amides is 3. The van der Waals surface area contributed by atoms with Crippen molar-refractivity contribution in [3.05, 3.63) is 57.5 Å². The molecule has 1 aromatic heterocycles. The minimum Gasteiger partial charge on any atom is -0.332 e. The van der Waals surface area contributed by atoms with Gasteiger partial charge < -0.3 is 14.7 Å². The molecule has 3 amide bonds. The molecule has 2 rings (SSSR count). The summed E-state index contributed by atoms with van der Waals surface area (Å²) in [7, 11) is 3.37. The molecule has 0 radical (unpaired) electrons. The first kappa shape index (κ1) is 22.9. The SMILES string of the molecule is Cc1ccsc1CN(Cc1ccc(F)cc1)C(=O)CN(CC(C)C)C(=O)N(C)C.